The van der Waals surface area contributed by atoms with E-state index in [9.17, 15) is 0 Å². The summed E-state index contributed by atoms with van der Waals surface area (Å²) in [7, 11) is 0. The molecule has 1 saturated heterocycles. The third-order valence-corrected chi connectivity index (χ3v) is 4.12. The molecule has 3 rings (SSSR count). The summed E-state index contributed by atoms with van der Waals surface area (Å²) in [6.07, 6.45) is 7.48. The lowest BCUT2D eigenvalue weighted by molar-refractivity contribution is 0.211. The topological polar surface area (TPSA) is 51.1 Å². The smallest absolute Gasteiger partial charge is 0.322 e. The Kier molecular flexibility index (Phi) is 4.01. The zero-order valence-corrected chi connectivity index (χ0v) is 11.8. The summed E-state index contributed by atoms with van der Waals surface area (Å²) in [4.78, 5) is 14.7. The molecule has 2 heterocycles. The summed E-state index contributed by atoms with van der Waals surface area (Å²) in [6.45, 7) is 2.65. The Morgan fingerprint density at radius 3 is 2.58 bits per heavy atom. The summed E-state index contributed by atoms with van der Waals surface area (Å²) in [6, 6.07) is 0.362. The van der Waals surface area contributed by atoms with Gasteiger partial charge in [0.05, 0.1) is 6.61 Å². The van der Waals surface area contributed by atoms with E-state index in [1.807, 2.05) is 0 Å². The molecule has 2 fully saturated rings. The van der Waals surface area contributed by atoms with Gasteiger partial charge in [-0.3, -0.25) is 0 Å². The molecule has 2 aliphatic rings. The van der Waals surface area contributed by atoms with Crippen LogP contribution in [0.25, 0.3) is 0 Å². The highest BCUT2D eigenvalue weighted by atomic mass is 35.5. The second kappa shape index (κ2) is 5.90. The Bertz CT molecular complexity index is 433. The first kappa shape index (κ1) is 12.9. The fourth-order valence-corrected chi connectivity index (χ4v) is 2.69. The predicted octanol–water partition coefficient (Wildman–Crippen LogP) is 2.69. The standard InChI is InChI=1S/C13H19ClN4O/c14-11-15-12(18-7-1-2-8-18)17-13(16-11)19-9-6-10-4-3-5-10/h10H,1-9H2. The number of ether oxygens (including phenoxy) is 1. The lowest BCUT2D eigenvalue weighted by atomic mass is 9.83. The Balaban J connectivity index is 1.59. The summed E-state index contributed by atoms with van der Waals surface area (Å²) < 4.78 is 5.62. The molecule has 1 aliphatic heterocycles. The summed E-state index contributed by atoms with van der Waals surface area (Å²) in [5.74, 6) is 1.48. The lowest BCUT2D eigenvalue weighted by Gasteiger charge is -2.24. The van der Waals surface area contributed by atoms with Gasteiger partial charge < -0.3 is 9.64 Å². The predicted molar refractivity (Wildman–Crippen MR) is 73.7 cm³/mol. The quantitative estimate of drug-likeness (QED) is 0.831. The molecule has 1 saturated carbocycles. The fraction of sp³-hybridized carbons (Fsp3) is 0.769. The first-order valence-corrected chi connectivity index (χ1v) is 7.48. The van der Waals surface area contributed by atoms with E-state index >= 15 is 0 Å². The van der Waals surface area contributed by atoms with E-state index in [4.69, 9.17) is 16.3 Å². The molecule has 0 spiro atoms. The second-order valence-corrected chi connectivity index (χ2v) is 5.65. The molecule has 6 heteroatoms. The fourth-order valence-electron chi connectivity index (χ4n) is 2.54. The van der Waals surface area contributed by atoms with Crippen LogP contribution in [0.4, 0.5) is 5.95 Å². The molecule has 0 atom stereocenters. The van der Waals surface area contributed by atoms with Crippen LogP contribution < -0.4 is 9.64 Å². The van der Waals surface area contributed by atoms with Crippen molar-refractivity contribution < 1.29 is 4.74 Å². The van der Waals surface area contributed by atoms with E-state index < -0.39 is 0 Å². The SMILES string of the molecule is Clc1nc(OCCC2CCC2)nc(N2CCCC2)n1. The van der Waals surface area contributed by atoms with Gasteiger partial charge in [-0.1, -0.05) is 19.3 Å². The number of aromatic nitrogens is 3. The van der Waals surface area contributed by atoms with E-state index in [2.05, 4.69) is 19.9 Å². The maximum Gasteiger partial charge on any atom is 0.322 e. The van der Waals surface area contributed by atoms with Gasteiger partial charge in [0.2, 0.25) is 11.2 Å². The Labute approximate surface area is 118 Å². The van der Waals surface area contributed by atoms with Crippen LogP contribution in [0.3, 0.4) is 0 Å². The van der Waals surface area contributed by atoms with Gasteiger partial charge in [-0.05, 0) is 36.8 Å². The highest BCUT2D eigenvalue weighted by Gasteiger charge is 2.19. The molecule has 104 valence electrons. The van der Waals surface area contributed by atoms with Crippen LogP contribution in [0, 0.1) is 5.92 Å². The van der Waals surface area contributed by atoms with E-state index in [1.165, 1.54) is 32.1 Å². The molecule has 0 bridgehead atoms. The first-order valence-electron chi connectivity index (χ1n) is 7.10. The molecule has 0 N–H and O–H groups in total. The van der Waals surface area contributed by atoms with Gasteiger partial charge in [-0.25, -0.2) is 0 Å². The zero-order chi connectivity index (χ0) is 13.1. The monoisotopic (exact) mass is 282 g/mol. The van der Waals surface area contributed by atoms with Crippen molar-refractivity contribution in [3.63, 3.8) is 0 Å². The second-order valence-electron chi connectivity index (χ2n) is 5.32. The molecule has 1 aromatic heterocycles. The van der Waals surface area contributed by atoms with E-state index in [0.29, 0.717) is 18.6 Å². The average Bonchev–Trinajstić information content (AvgIpc) is 2.85. The third kappa shape index (κ3) is 3.26. The Hall–Kier alpha value is -1.10. The number of anilines is 1. The molecule has 1 aromatic rings. The van der Waals surface area contributed by atoms with Crippen molar-refractivity contribution in [2.24, 2.45) is 5.92 Å². The molecule has 0 unspecified atom stereocenters. The maximum absolute atomic E-state index is 5.94. The van der Waals surface area contributed by atoms with Crippen LogP contribution in [0.2, 0.25) is 5.28 Å². The van der Waals surface area contributed by atoms with Crippen molar-refractivity contribution in [3.05, 3.63) is 5.28 Å². The minimum atomic E-state index is 0.218. The van der Waals surface area contributed by atoms with Crippen LogP contribution >= 0.6 is 11.6 Å². The lowest BCUT2D eigenvalue weighted by Crippen LogP contribution is -2.21. The van der Waals surface area contributed by atoms with Crippen LogP contribution in [0.1, 0.15) is 38.5 Å². The molecule has 19 heavy (non-hydrogen) atoms. The summed E-state index contributed by atoms with van der Waals surface area (Å²) in [5, 5.41) is 0.218. The van der Waals surface area contributed by atoms with Gasteiger partial charge in [0.15, 0.2) is 0 Å². The van der Waals surface area contributed by atoms with E-state index in [1.54, 1.807) is 0 Å². The average molecular weight is 283 g/mol. The number of rotatable bonds is 5. The van der Waals surface area contributed by atoms with Crippen molar-refractivity contribution in [1.29, 1.82) is 0 Å². The molecule has 1 aliphatic carbocycles. The summed E-state index contributed by atoms with van der Waals surface area (Å²) >= 11 is 5.94. The highest BCUT2D eigenvalue weighted by Crippen LogP contribution is 2.29. The summed E-state index contributed by atoms with van der Waals surface area (Å²) in [5.41, 5.74) is 0. The van der Waals surface area contributed by atoms with Gasteiger partial charge in [0.1, 0.15) is 0 Å². The number of hydrogen-bond acceptors (Lipinski definition) is 5. The van der Waals surface area contributed by atoms with Crippen molar-refractivity contribution in [2.75, 3.05) is 24.6 Å². The number of hydrogen-bond donors (Lipinski definition) is 0. The Morgan fingerprint density at radius 2 is 1.89 bits per heavy atom. The minimum Gasteiger partial charge on any atom is -0.463 e. The van der Waals surface area contributed by atoms with Crippen LogP contribution in [0.15, 0.2) is 0 Å². The minimum absolute atomic E-state index is 0.218. The normalized spacial score (nSPS) is 19.5. The largest absolute Gasteiger partial charge is 0.463 e. The van der Waals surface area contributed by atoms with Crippen LogP contribution in [0.5, 0.6) is 6.01 Å². The van der Waals surface area contributed by atoms with Crippen molar-refractivity contribution >= 4 is 17.5 Å². The van der Waals surface area contributed by atoms with Gasteiger partial charge in [0.25, 0.3) is 0 Å². The van der Waals surface area contributed by atoms with E-state index in [0.717, 1.165) is 25.4 Å². The molecular formula is C13H19ClN4O. The highest BCUT2D eigenvalue weighted by molar-refractivity contribution is 6.28. The molecule has 0 aromatic carbocycles. The Morgan fingerprint density at radius 1 is 1.11 bits per heavy atom. The van der Waals surface area contributed by atoms with Gasteiger partial charge in [-0.15, -0.1) is 0 Å². The van der Waals surface area contributed by atoms with Crippen LogP contribution in [-0.4, -0.2) is 34.6 Å². The zero-order valence-electron chi connectivity index (χ0n) is 11.0. The van der Waals surface area contributed by atoms with Crippen molar-refractivity contribution in [2.45, 2.75) is 38.5 Å². The molecule has 5 nitrogen and oxygen atoms in total. The van der Waals surface area contributed by atoms with Crippen molar-refractivity contribution in [3.8, 4) is 6.01 Å². The van der Waals surface area contributed by atoms with Crippen LogP contribution in [-0.2, 0) is 0 Å². The van der Waals surface area contributed by atoms with Gasteiger partial charge in [0, 0.05) is 13.1 Å². The number of halogens is 1. The molecule has 0 amide bonds. The van der Waals surface area contributed by atoms with Gasteiger partial charge in [-0.2, -0.15) is 15.0 Å². The first-order chi connectivity index (χ1) is 9.31. The van der Waals surface area contributed by atoms with Gasteiger partial charge >= 0.3 is 6.01 Å². The number of nitrogens with zero attached hydrogens (tertiary/aromatic N) is 4. The third-order valence-electron chi connectivity index (χ3n) is 3.95. The maximum atomic E-state index is 5.94. The van der Waals surface area contributed by atoms with Crippen molar-refractivity contribution in [1.82, 2.24) is 15.0 Å². The van der Waals surface area contributed by atoms with E-state index in [-0.39, 0.29) is 5.28 Å². The molecule has 0 radical (unpaired) electrons. The molecular weight excluding hydrogens is 264 g/mol.